The normalized spacial score (nSPS) is 10.3. The summed E-state index contributed by atoms with van der Waals surface area (Å²) in [6, 6.07) is 5.15. The number of hydrogen-bond acceptors (Lipinski definition) is 2. The van der Waals surface area contributed by atoms with Crippen LogP contribution in [0.4, 0.5) is 0 Å². The summed E-state index contributed by atoms with van der Waals surface area (Å²) in [4.78, 5) is 16.9. The largest absolute Gasteiger partial charge is 0.344 e. The average molecular weight is 241 g/mol. The first kappa shape index (κ1) is 10.2. The third-order valence-electron chi connectivity index (χ3n) is 1.91. The second kappa shape index (κ2) is 4.04. The van der Waals surface area contributed by atoms with Gasteiger partial charge < -0.3 is 4.98 Å². The van der Waals surface area contributed by atoms with Crippen molar-refractivity contribution in [2.75, 3.05) is 0 Å². The van der Waals surface area contributed by atoms with Gasteiger partial charge in [-0.15, -0.1) is 0 Å². The molecule has 0 atom stereocenters. The van der Waals surface area contributed by atoms with E-state index < -0.39 is 0 Å². The smallest absolute Gasteiger partial charge is 0.312 e. The van der Waals surface area contributed by atoms with Crippen molar-refractivity contribution in [3.8, 4) is 11.1 Å². The lowest BCUT2D eigenvalue weighted by molar-refractivity contribution is 1.08. The Balaban J connectivity index is 2.54. The molecule has 0 amide bonds. The van der Waals surface area contributed by atoms with Gasteiger partial charge in [-0.1, -0.05) is 29.3 Å². The van der Waals surface area contributed by atoms with Crippen LogP contribution in [0.25, 0.3) is 11.1 Å². The molecule has 3 nitrogen and oxygen atoms in total. The Morgan fingerprint density at radius 3 is 2.67 bits per heavy atom. The van der Waals surface area contributed by atoms with E-state index in [1.807, 2.05) is 0 Å². The fourth-order valence-corrected chi connectivity index (χ4v) is 1.73. The second-order valence-corrected chi connectivity index (χ2v) is 3.78. The molecule has 0 saturated heterocycles. The molecule has 0 fully saturated rings. The molecule has 5 heteroatoms. The summed E-state index contributed by atoms with van der Waals surface area (Å²) < 4.78 is 0. The number of benzene rings is 1. The minimum Gasteiger partial charge on any atom is -0.312 e. The maximum absolute atomic E-state index is 10.8. The number of aromatic nitrogens is 2. The Morgan fingerprint density at radius 2 is 2.07 bits per heavy atom. The molecular weight excluding hydrogens is 235 g/mol. The van der Waals surface area contributed by atoms with Crippen LogP contribution >= 0.6 is 23.2 Å². The van der Waals surface area contributed by atoms with Gasteiger partial charge in [0, 0.05) is 33.6 Å². The van der Waals surface area contributed by atoms with E-state index in [1.165, 1.54) is 6.20 Å². The summed E-state index contributed by atoms with van der Waals surface area (Å²) in [5.74, 6) is 0. The van der Waals surface area contributed by atoms with Crippen molar-refractivity contribution in [2.24, 2.45) is 0 Å². The predicted octanol–water partition coefficient (Wildman–Crippen LogP) is 2.74. The van der Waals surface area contributed by atoms with Gasteiger partial charge in [-0.3, -0.25) is 0 Å². The molecule has 1 heterocycles. The van der Waals surface area contributed by atoms with E-state index in [9.17, 15) is 4.79 Å². The monoisotopic (exact) mass is 240 g/mol. The highest BCUT2D eigenvalue weighted by Crippen LogP contribution is 2.28. The number of aromatic amines is 1. The molecule has 0 bridgehead atoms. The van der Waals surface area contributed by atoms with Gasteiger partial charge in [-0.25, -0.2) is 9.78 Å². The van der Waals surface area contributed by atoms with Gasteiger partial charge in [0.25, 0.3) is 0 Å². The number of hydrogen-bond donors (Lipinski definition) is 1. The molecule has 1 aromatic carbocycles. The van der Waals surface area contributed by atoms with Crippen molar-refractivity contribution >= 4 is 23.2 Å². The molecule has 0 radical (unpaired) electrons. The molecule has 1 N–H and O–H groups in total. The van der Waals surface area contributed by atoms with Crippen LogP contribution < -0.4 is 5.69 Å². The summed E-state index contributed by atoms with van der Waals surface area (Å²) in [5, 5.41) is 1.09. The fourth-order valence-electron chi connectivity index (χ4n) is 1.21. The van der Waals surface area contributed by atoms with E-state index in [0.29, 0.717) is 10.0 Å². The Hall–Kier alpha value is -1.32. The Labute approximate surface area is 95.7 Å². The zero-order valence-corrected chi connectivity index (χ0v) is 9.01. The Morgan fingerprint density at radius 1 is 1.27 bits per heavy atom. The van der Waals surface area contributed by atoms with Crippen LogP contribution in [-0.2, 0) is 0 Å². The quantitative estimate of drug-likeness (QED) is 0.834. The van der Waals surface area contributed by atoms with Crippen LogP contribution in [0.3, 0.4) is 0 Å². The molecule has 0 aliphatic carbocycles. The van der Waals surface area contributed by atoms with Crippen molar-refractivity contribution in [3.63, 3.8) is 0 Å². The molecule has 2 aromatic rings. The van der Waals surface area contributed by atoms with Crippen LogP contribution in [-0.4, -0.2) is 9.97 Å². The van der Waals surface area contributed by atoms with Crippen LogP contribution in [0.1, 0.15) is 0 Å². The van der Waals surface area contributed by atoms with E-state index in [1.54, 1.807) is 24.4 Å². The fraction of sp³-hybridized carbons (Fsp3) is 0. The van der Waals surface area contributed by atoms with Crippen LogP contribution in [0.15, 0.2) is 35.4 Å². The van der Waals surface area contributed by atoms with E-state index in [2.05, 4.69) is 9.97 Å². The highest BCUT2D eigenvalue weighted by molar-refractivity contribution is 6.36. The van der Waals surface area contributed by atoms with Crippen molar-refractivity contribution < 1.29 is 0 Å². The van der Waals surface area contributed by atoms with Crippen molar-refractivity contribution in [2.45, 2.75) is 0 Å². The maximum atomic E-state index is 10.8. The second-order valence-electron chi connectivity index (χ2n) is 2.93. The molecule has 0 aliphatic heterocycles. The Kier molecular flexibility index (Phi) is 2.75. The molecule has 0 aliphatic rings. The zero-order chi connectivity index (χ0) is 10.8. The Bertz CT molecular complexity index is 531. The summed E-state index contributed by atoms with van der Waals surface area (Å²) >= 11 is 11.8. The topological polar surface area (TPSA) is 45.8 Å². The summed E-state index contributed by atoms with van der Waals surface area (Å²) in [5.41, 5.74) is 1.14. The lowest BCUT2D eigenvalue weighted by Gasteiger charge is -2.03. The average Bonchev–Trinajstić information content (AvgIpc) is 2.20. The molecule has 2 rings (SSSR count). The molecular formula is C10H6Cl2N2O. The molecule has 0 saturated carbocycles. The number of rotatable bonds is 1. The maximum Gasteiger partial charge on any atom is 0.344 e. The van der Waals surface area contributed by atoms with Gasteiger partial charge in [0.05, 0.1) is 0 Å². The predicted molar refractivity (Wildman–Crippen MR) is 60.3 cm³/mol. The highest BCUT2D eigenvalue weighted by Gasteiger charge is 2.04. The van der Waals surface area contributed by atoms with Crippen molar-refractivity contribution in [1.29, 1.82) is 0 Å². The van der Waals surface area contributed by atoms with Gasteiger partial charge in [0.1, 0.15) is 0 Å². The summed E-state index contributed by atoms with van der Waals surface area (Å²) in [6.07, 6.45) is 3.03. The first-order valence-corrected chi connectivity index (χ1v) is 4.92. The van der Waals surface area contributed by atoms with E-state index in [-0.39, 0.29) is 5.69 Å². The SMILES string of the molecule is O=c1ncc(-c2ccc(Cl)cc2Cl)c[nH]1. The van der Waals surface area contributed by atoms with Crippen LogP contribution in [0.2, 0.25) is 10.0 Å². The van der Waals surface area contributed by atoms with E-state index in [4.69, 9.17) is 23.2 Å². The van der Waals surface area contributed by atoms with Crippen molar-refractivity contribution in [3.05, 3.63) is 51.1 Å². The third kappa shape index (κ3) is 2.19. The minimum atomic E-state index is -0.385. The van der Waals surface area contributed by atoms with Gasteiger partial charge >= 0.3 is 5.69 Å². The highest BCUT2D eigenvalue weighted by atomic mass is 35.5. The van der Waals surface area contributed by atoms with Gasteiger partial charge in [0.2, 0.25) is 0 Å². The van der Waals surface area contributed by atoms with Crippen LogP contribution in [0.5, 0.6) is 0 Å². The van der Waals surface area contributed by atoms with Gasteiger partial charge in [-0.2, -0.15) is 0 Å². The van der Waals surface area contributed by atoms with Crippen LogP contribution in [0, 0.1) is 0 Å². The lowest BCUT2D eigenvalue weighted by atomic mass is 10.1. The standard InChI is InChI=1S/C10H6Cl2N2O/c11-7-1-2-8(9(12)3-7)6-4-13-10(15)14-5-6/h1-5H,(H,13,14,15). The summed E-state index contributed by atoms with van der Waals surface area (Å²) in [6.45, 7) is 0. The zero-order valence-electron chi connectivity index (χ0n) is 7.50. The van der Waals surface area contributed by atoms with Gasteiger partial charge in [0.15, 0.2) is 0 Å². The molecule has 15 heavy (non-hydrogen) atoms. The number of halogens is 2. The first-order chi connectivity index (χ1) is 7.16. The number of H-pyrrole nitrogens is 1. The van der Waals surface area contributed by atoms with E-state index in [0.717, 1.165) is 11.1 Å². The molecule has 1 aromatic heterocycles. The number of nitrogens with zero attached hydrogens (tertiary/aromatic N) is 1. The molecule has 76 valence electrons. The molecule has 0 unspecified atom stereocenters. The minimum absolute atomic E-state index is 0.385. The summed E-state index contributed by atoms with van der Waals surface area (Å²) in [7, 11) is 0. The third-order valence-corrected chi connectivity index (χ3v) is 2.46. The number of nitrogens with one attached hydrogen (secondary N) is 1. The van der Waals surface area contributed by atoms with E-state index >= 15 is 0 Å². The van der Waals surface area contributed by atoms with Crippen molar-refractivity contribution in [1.82, 2.24) is 9.97 Å². The van der Waals surface area contributed by atoms with Gasteiger partial charge in [-0.05, 0) is 12.1 Å². The molecule has 0 spiro atoms. The lowest BCUT2D eigenvalue weighted by Crippen LogP contribution is -2.07. The first-order valence-electron chi connectivity index (χ1n) is 4.17.